The van der Waals surface area contributed by atoms with Crippen molar-refractivity contribution in [1.29, 1.82) is 0 Å². The van der Waals surface area contributed by atoms with E-state index in [4.69, 9.17) is 4.74 Å². The molecule has 0 fully saturated rings. The highest BCUT2D eigenvalue weighted by Gasteiger charge is 2.15. The van der Waals surface area contributed by atoms with Crippen molar-refractivity contribution in [2.24, 2.45) is 5.92 Å². The smallest absolute Gasteiger partial charge is 0.260 e. The normalized spacial score (nSPS) is 12.3. The quantitative estimate of drug-likeness (QED) is 0.906. The number of hydrogen-bond acceptors (Lipinski definition) is 2. The van der Waals surface area contributed by atoms with E-state index in [2.05, 4.69) is 21.2 Å². The standard InChI is InChI=1S/C13H17BrFNO2/c1-8(2)7-16-13(17)9(3)18-10-4-5-11(14)12(15)6-10/h4-6,8-9H,7H2,1-3H3,(H,16,17). The van der Waals surface area contributed by atoms with Crippen LogP contribution in [0, 0.1) is 11.7 Å². The molecule has 5 heteroatoms. The van der Waals surface area contributed by atoms with Gasteiger partial charge >= 0.3 is 0 Å². The highest BCUT2D eigenvalue weighted by Crippen LogP contribution is 2.21. The second-order valence-corrected chi connectivity index (χ2v) is 5.33. The fourth-order valence-electron chi connectivity index (χ4n) is 1.26. The minimum absolute atomic E-state index is 0.202. The molecule has 0 aliphatic carbocycles. The van der Waals surface area contributed by atoms with Crippen LogP contribution in [0.3, 0.4) is 0 Å². The molecule has 0 spiro atoms. The molecule has 0 bridgehead atoms. The van der Waals surface area contributed by atoms with Crippen molar-refractivity contribution in [1.82, 2.24) is 5.32 Å². The Kier molecular flexibility index (Phi) is 5.59. The highest BCUT2D eigenvalue weighted by molar-refractivity contribution is 9.10. The maximum absolute atomic E-state index is 13.3. The summed E-state index contributed by atoms with van der Waals surface area (Å²) in [4.78, 5) is 11.7. The van der Waals surface area contributed by atoms with Crippen molar-refractivity contribution >= 4 is 21.8 Å². The van der Waals surface area contributed by atoms with Crippen LogP contribution in [0.1, 0.15) is 20.8 Å². The largest absolute Gasteiger partial charge is 0.481 e. The Hall–Kier alpha value is -1.10. The zero-order valence-electron chi connectivity index (χ0n) is 10.7. The maximum atomic E-state index is 13.3. The second-order valence-electron chi connectivity index (χ2n) is 4.47. The minimum Gasteiger partial charge on any atom is -0.481 e. The number of ether oxygens (including phenoxy) is 1. The van der Waals surface area contributed by atoms with Gasteiger partial charge in [0.05, 0.1) is 4.47 Å². The summed E-state index contributed by atoms with van der Waals surface area (Å²) in [7, 11) is 0. The van der Waals surface area contributed by atoms with Crippen molar-refractivity contribution in [2.75, 3.05) is 6.54 Å². The summed E-state index contributed by atoms with van der Waals surface area (Å²) in [5, 5.41) is 2.76. The molecule has 0 heterocycles. The Morgan fingerprint density at radius 2 is 2.11 bits per heavy atom. The lowest BCUT2D eigenvalue weighted by Gasteiger charge is -2.15. The van der Waals surface area contributed by atoms with Gasteiger partial charge in [-0.3, -0.25) is 4.79 Å². The molecular formula is C13H17BrFNO2. The summed E-state index contributed by atoms with van der Waals surface area (Å²) in [5.41, 5.74) is 0. The Morgan fingerprint density at radius 1 is 1.44 bits per heavy atom. The topological polar surface area (TPSA) is 38.3 Å². The molecule has 1 N–H and O–H groups in total. The zero-order valence-corrected chi connectivity index (χ0v) is 12.3. The number of benzene rings is 1. The third-order valence-corrected chi connectivity index (χ3v) is 2.90. The summed E-state index contributed by atoms with van der Waals surface area (Å²) in [6.07, 6.45) is -0.649. The van der Waals surface area contributed by atoms with Crippen molar-refractivity contribution in [3.05, 3.63) is 28.5 Å². The predicted molar refractivity (Wildman–Crippen MR) is 72.0 cm³/mol. The molecule has 18 heavy (non-hydrogen) atoms. The third kappa shape index (κ3) is 4.64. The van der Waals surface area contributed by atoms with Gasteiger partial charge < -0.3 is 10.1 Å². The first-order chi connectivity index (χ1) is 8.40. The predicted octanol–water partition coefficient (Wildman–Crippen LogP) is 3.13. The van der Waals surface area contributed by atoms with E-state index in [1.54, 1.807) is 19.1 Å². The monoisotopic (exact) mass is 317 g/mol. The Bertz CT molecular complexity index is 423. The van der Waals surface area contributed by atoms with E-state index in [1.165, 1.54) is 6.07 Å². The van der Waals surface area contributed by atoms with E-state index in [1.807, 2.05) is 13.8 Å². The number of rotatable bonds is 5. The lowest BCUT2D eigenvalue weighted by molar-refractivity contribution is -0.127. The molecule has 1 rings (SSSR count). The Morgan fingerprint density at radius 3 is 2.67 bits per heavy atom. The fourth-order valence-corrected chi connectivity index (χ4v) is 1.50. The lowest BCUT2D eigenvalue weighted by atomic mass is 10.2. The molecule has 3 nitrogen and oxygen atoms in total. The average Bonchev–Trinajstić information content (AvgIpc) is 2.30. The van der Waals surface area contributed by atoms with Gasteiger partial charge in [0.15, 0.2) is 6.10 Å². The van der Waals surface area contributed by atoms with Crippen LogP contribution in [0.2, 0.25) is 0 Å². The van der Waals surface area contributed by atoms with E-state index in [9.17, 15) is 9.18 Å². The SMILES string of the molecule is CC(C)CNC(=O)C(C)Oc1ccc(Br)c(F)c1. The van der Waals surface area contributed by atoms with Crippen LogP contribution in [0.4, 0.5) is 4.39 Å². The maximum Gasteiger partial charge on any atom is 0.260 e. The van der Waals surface area contributed by atoms with E-state index in [0.29, 0.717) is 22.7 Å². The first-order valence-electron chi connectivity index (χ1n) is 5.79. The molecule has 1 aromatic carbocycles. The van der Waals surface area contributed by atoms with Gasteiger partial charge in [-0.1, -0.05) is 13.8 Å². The van der Waals surface area contributed by atoms with Crippen molar-refractivity contribution in [3.8, 4) is 5.75 Å². The van der Waals surface area contributed by atoms with Gasteiger partial charge in [0.25, 0.3) is 5.91 Å². The summed E-state index contributed by atoms with van der Waals surface area (Å²) >= 11 is 3.06. The molecule has 0 aliphatic rings. The Labute approximate surface area is 115 Å². The Balaban J connectivity index is 2.55. The molecule has 0 aliphatic heterocycles. The summed E-state index contributed by atoms with van der Waals surface area (Å²) in [6.45, 7) is 6.25. The van der Waals surface area contributed by atoms with Gasteiger partial charge in [-0.15, -0.1) is 0 Å². The van der Waals surface area contributed by atoms with Crippen LogP contribution in [-0.4, -0.2) is 18.6 Å². The summed E-state index contributed by atoms with van der Waals surface area (Å²) in [5.74, 6) is 0.100. The first kappa shape index (κ1) is 15.0. The van der Waals surface area contributed by atoms with Crippen LogP contribution in [0.25, 0.3) is 0 Å². The first-order valence-corrected chi connectivity index (χ1v) is 6.59. The second kappa shape index (κ2) is 6.73. The highest BCUT2D eigenvalue weighted by atomic mass is 79.9. The fraction of sp³-hybridized carbons (Fsp3) is 0.462. The van der Waals surface area contributed by atoms with Gasteiger partial charge in [-0.2, -0.15) is 0 Å². The number of hydrogen-bond donors (Lipinski definition) is 1. The van der Waals surface area contributed by atoms with Crippen molar-refractivity contribution in [2.45, 2.75) is 26.9 Å². The van der Waals surface area contributed by atoms with Crippen molar-refractivity contribution < 1.29 is 13.9 Å². The van der Waals surface area contributed by atoms with E-state index in [0.717, 1.165) is 0 Å². The minimum atomic E-state index is -0.649. The van der Waals surface area contributed by atoms with Gasteiger partial charge in [-0.05, 0) is 40.9 Å². The molecular weight excluding hydrogens is 301 g/mol. The molecule has 0 aromatic heterocycles. The molecule has 1 amide bonds. The van der Waals surface area contributed by atoms with Gasteiger partial charge in [0, 0.05) is 12.6 Å². The molecule has 1 unspecified atom stereocenters. The van der Waals surface area contributed by atoms with E-state index in [-0.39, 0.29) is 5.91 Å². The number of halogens is 2. The number of amides is 1. The molecule has 0 radical (unpaired) electrons. The van der Waals surface area contributed by atoms with Crippen LogP contribution < -0.4 is 10.1 Å². The summed E-state index contributed by atoms with van der Waals surface area (Å²) < 4.78 is 19.0. The molecule has 0 saturated carbocycles. The van der Waals surface area contributed by atoms with Crippen LogP contribution in [0.15, 0.2) is 22.7 Å². The van der Waals surface area contributed by atoms with Crippen LogP contribution in [-0.2, 0) is 4.79 Å². The van der Waals surface area contributed by atoms with Gasteiger partial charge in [0.1, 0.15) is 11.6 Å². The van der Waals surface area contributed by atoms with E-state index < -0.39 is 11.9 Å². The van der Waals surface area contributed by atoms with Crippen LogP contribution >= 0.6 is 15.9 Å². The lowest BCUT2D eigenvalue weighted by Crippen LogP contribution is -2.38. The third-order valence-electron chi connectivity index (χ3n) is 2.26. The van der Waals surface area contributed by atoms with Crippen LogP contribution in [0.5, 0.6) is 5.75 Å². The summed E-state index contributed by atoms with van der Waals surface area (Å²) in [6, 6.07) is 4.40. The van der Waals surface area contributed by atoms with Crippen molar-refractivity contribution in [3.63, 3.8) is 0 Å². The molecule has 0 saturated heterocycles. The molecule has 1 atom stereocenters. The van der Waals surface area contributed by atoms with Gasteiger partial charge in [-0.25, -0.2) is 4.39 Å². The number of carbonyl (C=O) groups is 1. The number of carbonyl (C=O) groups excluding carboxylic acids is 1. The number of nitrogens with one attached hydrogen (secondary N) is 1. The average molecular weight is 318 g/mol. The molecule has 1 aromatic rings. The van der Waals surface area contributed by atoms with Gasteiger partial charge in [0.2, 0.25) is 0 Å². The molecule has 100 valence electrons. The zero-order chi connectivity index (χ0) is 13.7. The van der Waals surface area contributed by atoms with E-state index >= 15 is 0 Å².